The summed E-state index contributed by atoms with van der Waals surface area (Å²) in [5.41, 5.74) is 0. The second-order valence-corrected chi connectivity index (χ2v) is 5.57. The molecule has 0 saturated carbocycles. The molecule has 1 aliphatic rings. The molecule has 0 radical (unpaired) electrons. The van der Waals surface area contributed by atoms with Gasteiger partial charge in [-0.05, 0) is 25.3 Å². The highest BCUT2D eigenvalue weighted by Crippen LogP contribution is 2.22. The van der Waals surface area contributed by atoms with Gasteiger partial charge in [-0.15, -0.1) is 11.3 Å². The van der Waals surface area contributed by atoms with E-state index in [0.717, 1.165) is 17.8 Å². The van der Waals surface area contributed by atoms with E-state index in [1.807, 2.05) is 6.20 Å². The summed E-state index contributed by atoms with van der Waals surface area (Å²) in [7, 11) is 0. The minimum absolute atomic E-state index is 0.898. The first kappa shape index (κ1) is 10.6. The van der Waals surface area contributed by atoms with E-state index in [2.05, 4.69) is 31.2 Å². The van der Waals surface area contributed by atoms with Gasteiger partial charge in [0.05, 0.1) is 6.54 Å². The predicted octanol–water partition coefficient (Wildman–Crippen LogP) is 2.75. The van der Waals surface area contributed by atoms with Crippen molar-refractivity contribution in [1.29, 1.82) is 0 Å². The van der Waals surface area contributed by atoms with Gasteiger partial charge in [-0.3, -0.25) is 4.90 Å². The Labute approximate surface area is 97.5 Å². The number of hydrogen-bond donors (Lipinski definition) is 0. The van der Waals surface area contributed by atoms with E-state index in [-0.39, 0.29) is 0 Å². The zero-order valence-electron chi connectivity index (χ0n) is 8.16. The van der Waals surface area contributed by atoms with Gasteiger partial charge in [0, 0.05) is 23.5 Å². The van der Waals surface area contributed by atoms with Crippen molar-refractivity contribution in [3.63, 3.8) is 0 Å². The largest absolute Gasteiger partial charge is 0.296 e. The molecule has 2 nitrogen and oxygen atoms in total. The fraction of sp³-hybridized carbons (Fsp3) is 0.700. The van der Waals surface area contributed by atoms with Gasteiger partial charge in [-0.2, -0.15) is 0 Å². The zero-order chi connectivity index (χ0) is 9.80. The summed E-state index contributed by atoms with van der Waals surface area (Å²) in [5.74, 6) is 0.898. The summed E-state index contributed by atoms with van der Waals surface area (Å²) in [4.78, 5) is 6.84. The van der Waals surface area contributed by atoms with Crippen LogP contribution in [0.2, 0.25) is 0 Å². The maximum Gasteiger partial charge on any atom is 0.107 e. The highest BCUT2D eigenvalue weighted by Gasteiger charge is 2.21. The van der Waals surface area contributed by atoms with Crippen molar-refractivity contribution in [2.45, 2.75) is 19.4 Å². The van der Waals surface area contributed by atoms with Gasteiger partial charge in [0.15, 0.2) is 0 Å². The molecule has 1 aromatic heterocycles. The van der Waals surface area contributed by atoms with Crippen LogP contribution in [0.15, 0.2) is 11.6 Å². The molecule has 1 saturated heterocycles. The lowest BCUT2D eigenvalue weighted by atomic mass is 10.1. The standard InChI is InChI=1S/C10H15BrN2S/c11-3-1-9-2-5-13(7-9)8-10-12-4-6-14-10/h4,6,9H,1-3,5,7-8H2. The van der Waals surface area contributed by atoms with Gasteiger partial charge in [0.25, 0.3) is 0 Å². The molecule has 0 N–H and O–H groups in total. The topological polar surface area (TPSA) is 16.1 Å². The Bertz CT molecular complexity index is 263. The molecule has 4 heteroatoms. The lowest BCUT2D eigenvalue weighted by Gasteiger charge is -2.13. The first-order valence-corrected chi connectivity index (χ1v) is 7.05. The Kier molecular flexibility index (Phi) is 3.96. The lowest BCUT2D eigenvalue weighted by Crippen LogP contribution is -2.20. The average Bonchev–Trinajstić information content (AvgIpc) is 2.79. The molecule has 2 rings (SSSR count). The van der Waals surface area contributed by atoms with Crippen molar-refractivity contribution < 1.29 is 0 Å². The number of hydrogen-bond acceptors (Lipinski definition) is 3. The Hall–Kier alpha value is 0.0700. The van der Waals surface area contributed by atoms with E-state index in [1.165, 1.54) is 30.9 Å². The van der Waals surface area contributed by atoms with Gasteiger partial charge >= 0.3 is 0 Å². The van der Waals surface area contributed by atoms with Crippen LogP contribution in [0.3, 0.4) is 0 Å². The summed E-state index contributed by atoms with van der Waals surface area (Å²) in [6, 6.07) is 0. The zero-order valence-corrected chi connectivity index (χ0v) is 10.6. The molecule has 0 aromatic carbocycles. The average molecular weight is 275 g/mol. The molecular weight excluding hydrogens is 260 g/mol. The number of aromatic nitrogens is 1. The molecule has 0 bridgehead atoms. The first-order valence-electron chi connectivity index (χ1n) is 5.05. The van der Waals surface area contributed by atoms with E-state index in [0.29, 0.717) is 0 Å². The van der Waals surface area contributed by atoms with Crippen molar-refractivity contribution in [1.82, 2.24) is 9.88 Å². The number of nitrogens with zero attached hydrogens (tertiary/aromatic N) is 2. The summed E-state index contributed by atoms with van der Waals surface area (Å²) < 4.78 is 0. The molecule has 1 unspecified atom stereocenters. The molecule has 1 aromatic rings. The number of halogens is 1. The molecule has 0 aliphatic carbocycles. The second kappa shape index (κ2) is 5.24. The van der Waals surface area contributed by atoms with Crippen molar-refractivity contribution in [3.8, 4) is 0 Å². The van der Waals surface area contributed by atoms with E-state index >= 15 is 0 Å². The molecule has 1 atom stereocenters. The van der Waals surface area contributed by atoms with Crippen molar-refractivity contribution in [2.24, 2.45) is 5.92 Å². The van der Waals surface area contributed by atoms with Crippen molar-refractivity contribution in [2.75, 3.05) is 18.4 Å². The van der Waals surface area contributed by atoms with Crippen LogP contribution >= 0.6 is 27.3 Å². The van der Waals surface area contributed by atoms with Crippen molar-refractivity contribution in [3.05, 3.63) is 16.6 Å². The lowest BCUT2D eigenvalue weighted by molar-refractivity contribution is 0.315. The van der Waals surface area contributed by atoms with Gasteiger partial charge in [0.1, 0.15) is 5.01 Å². The highest BCUT2D eigenvalue weighted by molar-refractivity contribution is 9.09. The smallest absolute Gasteiger partial charge is 0.107 e. The van der Waals surface area contributed by atoms with Gasteiger partial charge < -0.3 is 0 Å². The maximum atomic E-state index is 4.32. The third-order valence-corrected chi connectivity index (χ3v) is 3.95. The molecule has 1 aliphatic heterocycles. The summed E-state index contributed by atoms with van der Waals surface area (Å²) in [6.45, 7) is 3.55. The van der Waals surface area contributed by atoms with E-state index in [9.17, 15) is 0 Å². The predicted molar refractivity (Wildman–Crippen MR) is 63.9 cm³/mol. The molecule has 14 heavy (non-hydrogen) atoms. The van der Waals surface area contributed by atoms with Gasteiger partial charge in [-0.1, -0.05) is 15.9 Å². The summed E-state index contributed by atoms with van der Waals surface area (Å²) >= 11 is 5.27. The Balaban J connectivity index is 1.79. The van der Waals surface area contributed by atoms with Crippen LogP contribution in [0.5, 0.6) is 0 Å². The number of likely N-dealkylation sites (tertiary alicyclic amines) is 1. The van der Waals surface area contributed by atoms with Crippen molar-refractivity contribution >= 4 is 27.3 Å². The monoisotopic (exact) mass is 274 g/mol. The fourth-order valence-corrected chi connectivity index (χ4v) is 3.27. The Morgan fingerprint density at radius 2 is 2.57 bits per heavy atom. The SMILES string of the molecule is BrCCC1CCN(Cc2nccs2)C1. The molecule has 0 amide bonds. The molecular formula is C10H15BrN2S. The minimum Gasteiger partial charge on any atom is -0.296 e. The van der Waals surface area contributed by atoms with Crippen LogP contribution in [0.1, 0.15) is 17.8 Å². The van der Waals surface area contributed by atoms with Crippen LogP contribution in [0.25, 0.3) is 0 Å². The maximum absolute atomic E-state index is 4.32. The van der Waals surface area contributed by atoms with Crippen LogP contribution in [0, 0.1) is 5.92 Å². The normalized spacial score (nSPS) is 23.1. The highest BCUT2D eigenvalue weighted by atomic mass is 79.9. The molecule has 78 valence electrons. The van der Waals surface area contributed by atoms with Gasteiger partial charge in [-0.25, -0.2) is 4.98 Å². The van der Waals surface area contributed by atoms with Gasteiger partial charge in [0.2, 0.25) is 0 Å². The third kappa shape index (κ3) is 2.78. The first-order chi connectivity index (χ1) is 6.88. The second-order valence-electron chi connectivity index (χ2n) is 3.79. The number of rotatable bonds is 4. The van der Waals surface area contributed by atoms with E-state index in [4.69, 9.17) is 0 Å². The number of thiazole rings is 1. The summed E-state index contributed by atoms with van der Waals surface area (Å²) in [6.07, 6.45) is 4.57. The minimum atomic E-state index is 0.898. The quantitative estimate of drug-likeness (QED) is 0.785. The number of alkyl halides is 1. The third-order valence-electron chi connectivity index (χ3n) is 2.73. The fourth-order valence-electron chi connectivity index (χ4n) is 1.97. The van der Waals surface area contributed by atoms with Crippen LogP contribution < -0.4 is 0 Å². The Morgan fingerprint density at radius 1 is 1.64 bits per heavy atom. The van der Waals surface area contributed by atoms with Crippen LogP contribution in [0.4, 0.5) is 0 Å². The van der Waals surface area contributed by atoms with Crippen LogP contribution in [-0.4, -0.2) is 28.3 Å². The van der Waals surface area contributed by atoms with E-state index in [1.54, 1.807) is 11.3 Å². The summed E-state index contributed by atoms with van der Waals surface area (Å²) in [5, 5.41) is 4.45. The molecule has 1 fully saturated rings. The molecule has 2 heterocycles. The van der Waals surface area contributed by atoms with Crippen LogP contribution in [-0.2, 0) is 6.54 Å². The molecule has 0 spiro atoms. The Morgan fingerprint density at radius 3 is 3.29 bits per heavy atom. The van der Waals surface area contributed by atoms with E-state index < -0.39 is 0 Å².